The van der Waals surface area contributed by atoms with Crippen molar-refractivity contribution >= 4 is 47.5 Å². The number of ether oxygens (including phenoxy) is 1. The van der Waals surface area contributed by atoms with Gasteiger partial charge in [0.1, 0.15) is 12.1 Å². The van der Waals surface area contributed by atoms with E-state index < -0.39 is 7.92 Å². The molecule has 1 fully saturated rings. The van der Waals surface area contributed by atoms with Crippen LogP contribution in [0.15, 0.2) is 43.0 Å². The van der Waals surface area contributed by atoms with Crippen molar-refractivity contribution in [2.45, 2.75) is 32.1 Å². The molecule has 1 saturated heterocycles. The number of nitrogens with zero attached hydrogens (tertiary/aromatic N) is 6. The number of methoxy groups -OCH3 is 1. The largest absolute Gasteiger partial charge is 0.495 e. The van der Waals surface area contributed by atoms with E-state index in [0.717, 1.165) is 53.0 Å². The second-order valence-corrected chi connectivity index (χ2v) is 12.1. The minimum absolute atomic E-state index is 0.451. The van der Waals surface area contributed by atoms with Crippen LogP contribution in [-0.4, -0.2) is 70.4 Å². The second-order valence-electron chi connectivity index (χ2n) is 9.85. The maximum atomic E-state index is 5.81. The zero-order valence-corrected chi connectivity index (χ0v) is 23.6. The zero-order chi connectivity index (χ0) is 26.6. The van der Waals surface area contributed by atoms with Crippen LogP contribution < -0.4 is 20.7 Å². The number of likely N-dealkylation sites (tertiary alicyclic amines) is 1. The van der Waals surface area contributed by atoms with Crippen LogP contribution in [0.25, 0.3) is 11.0 Å². The van der Waals surface area contributed by atoms with Gasteiger partial charge in [0.05, 0.1) is 29.5 Å². The Morgan fingerprint density at radius 1 is 0.974 bits per heavy atom. The lowest BCUT2D eigenvalue weighted by molar-refractivity contribution is 0.254. The smallest absolute Gasteiger partial charge is 0.232 e. The van der Waals surface area contributed by atoms with Gasteiger partial charge in [0, 0.05) is 17.7 Å². The average Bonchev–Trinajstić information content (AvgIpc) is 2.93. The average molecular weight is 531 g/mol. The van der Waals surface area contributed by atoms with E-state index in [9.17, 15) is 0 Å². The van der Waals surface area contributed by atoms with Crippen LogP contribution in [0, 0.1) is 0 Å². The highest BCUT2D eigenvalue weighted by Gasteiger charge is 2.23. The van der Waals surface area contributed by atoms with Gasteiger partial charge in [0.2, 0.25) is 11.9 Å². The van der Waals surface area contributed by atoms with Crippen molar-refractivity contribution in [2.24, 2.45) is 0 Å². The Morgan fingerprint density at radius 3 is 2.37 bits per heavy atom. The van der Waals surface area contributed by atoms with Crippen LogP contribution in [0.5, 0.6) is 5.75 Å². The van der Waals surface area contributed by atoms with Crippen molar-refractivity contribution < 1.29 is 4.74 Å². The third-order valence-electron chi connectivity index (χ3n) is 7.13. The first-order valence-electron chi connectivity index (χ1n) is 13.0. The highest BCUT2D eigenvalue weighted by atomic mass is 31.1. The van der Waals surface area contributed by atoms with Gasteiger partial charge in [0.25, 0.3) is 0 Å². The molecule has 0 spiro atoms. The fourth-order valence-corrected chi connectivity index (χ4v) is 6.35. The van der Waals surface area contributed by atoms with E-state index in [0.29, 0.717) is 17.8 Å². The monoisotopic (exact) mass is 530 g/mol. The van der Waals surface area contributed by atoms with Gasteiger partial charge in [-0.3, -0.25) is 9.97 Å². The summed E-state index contributed by atoms with van der Waals surface area (Å²) in [6.07, 6.45) is 8.25. The Balaban J connectivity index is 1.42. The van der Waals surface area contributed by atoms with E-state index in [4.69, 9.17) is 4.74 Å². The number of aryl methyl sites for hydroxylation is 1. The molecule has 3 heterocycles. The summed E-state index contributed by atoms with van der Waals surface area (Å²) < 4.78 is 5.81. The topological polar surface area (TPSA) is 101 Å². The second kappa shape index (κ2) is 11.5. The summed E-state index contributed by atoms with van der Waals surface area (Å²) in [5, 5.41) is 7.90. The summed E-state index contributed by atoms with van der Waals surface area (Å²) >= 11 is 0. The van der Waals surface area contributed by atoms with Crippen LogP contribution in [0.3, 0.4) is 0 Å². The SMILES string of the molecule is CCc1cc(Nc2ncnc(Nc3ccc4nccnc4c3P(C)C)n2)c(OC)cc1C1CCN(C)CC1. The molecule has 0 radical (unpaired) electrons. The van der Waals surface area contributed by atoms with Crippen molar-refractivity contribution in [3.8, 4) is 5.75 Å². The third-order valence-corrected chi connectivity index (χ3v) is 8.47. The molecule has 1 aliphatic heterocycles. The molecule has 38 heavy (non-hydrogen) atoms. The van der Waals surface area contributed by atoms with E-state index in [1.165, 1.54) is 30.3 Å². The Kier molecular flexibility index (Phi) is 7.95. The number of aromatic nitrogens is 5. The van der Waals surface area contributed by atoms with Gasteiger partial charge in [0.15, 0.2) is 0 Å². The number of hydrogen-bond acceptors (Lipinski definition) is 9. The quantitative estimate of drug-likeness (QED) is 0.303. The minimum Gasteiger partial charge on any atom is -0.495 e. The number of fused-ring (bicyclic) bond motifs is 1. The number of rotatable bonds is 8. The standard InChI is InChI=1S/C28H35N8OP/c1-6-18-15-23(24(37-3)16-20(18)19-9-13-36(2)14-10-19)34-28-32-17-31-27(35-28)33-22-8-7-21-25(26(22)38(4)5)30-12-11-29-21/h7-8,11-12,15-17,19H,6,9-10,13-14H2,1-5H3,(H2,31,32,33,34,35). The van der Waals surface area contributed by atoms with Crippen molar-refractivity contribution in [1.82, 2.24) is 29.8 Å². The Morgan fingerprint density at radius 2 is 1.68 bits per heavy atom. The molecule has 0 atom stereocenters. The molecule has 5 rings (SSSR count). The molecule has 4 aromatic rings. The summed E-state index contributed by atoms with van der Waals surface area (Å²) in [5.74, 6) is 2.26. The first-order valence-corrected chi connectivity index (χ1v) is 15.2. The van der Waals surface area contributed by atoms with Gasteiger partial charge in [-0.2, -0.15) is 4.98 Å². The Bertz CT molecular complexity index is 1420. The normalized spacial score (nSPS) is 14.7. The molecule has 198 valence electrons. The van der Waals surface area contributed by atoms with E-state index in [1.807, 2.05) is 12.1 Å². The molecule has 10 heteroatoms. The fourth-order valence-electron chi connectivity index (χ4n) is 5.15. The Labute approximate surface area is 225 Å². The van der Waals surface area contributed by atoms with E-state index >= 15 is 0 Å². The van der Waals surface area contributed by atoms with Crippen LogP contribution in [0.1, 0.15) is 36.8 Å². The lowest BCUT2D eigenvalue weighted by Gasteiger charge is -2.31. The molecule has 0 saturated carbocycles. The molecule has 0 bridgehead atoms. The van der Waals surface area contributed by atoms with Crippen molar-refractivity contribution in [3.05, 3.63) is 54.1 Å². The summed E-state index contributed by atoms with van der Waals surface area (Å²) in [6.45, 7) is 8.87. The number of anilines is 4. The summed E-state index contributed by atoms with van der Waals surface area (Å²) in [5.41, 5.74) is 6.29. The molecule has 0 amide bonds. The van der Waals surface area contributed by atoms with Gasteiger partial charge < -0.3 is 20.3 Å². The number of piperidine rings is 1. The van der Waals surface area contributed by atoms with Gasteiger partial charge >= 0.3 is 0 Å². The molecule has 2 aromatic heterocycles. The van der Waals surface area contributed by atoms with Gasteiger partial charge in [-0.05, 0) is 94.0 Å². The highest BCUT2D eigenvalue weighted by molar-refractivity contribution is 7.65. The number of hydrogen-bond donors (Lipinski definition) is 2. The molecule has 1 aliphatic rings. The van der Waals surface area contributed by atoms with E-state index in [2.05, 4.69) is 79.9 Å². The number of nitrogens with one attached hydrogen (secondary N) is 2. The Hall–Kier alpha value is -3.42. The first kappa shape index (κ1) is 26.2. The maximum absolute atomic E-state index is 5.81. The molecule has 2 N–H and O–H groups in total. The van der Waals surface area contributed by atoms with E-state index in [1.54, 1.807) is 19.5 Å². The molecule has 0 unspecified atom stereocenters. The molecule has 2 aromatic carbocycles. The van der Waals surface area contributed by atoms with Crippen LogP contribution in [0.2, 0.25) is 0 Å². The lowest BCUT2D eigenvalue weighted by atomic mass is 9.85. The first-order chi connectivity index (χ1) is 18.5. The molecule has 9 nitrogen and oxygen atoms in total. The summed E-state index contributed by atoms with van der Waals surface area (Å²) in [6, 6.07) is 8.37. The van der Waals surface area contributed by atoms with Crippen molar-refractivity contribution in [1.29, 1.82) is 0 Å². The third kappa shape index (κ3) is 5.54. The molecule has 0 aliphatic carbocycles. The number of benzene rings is 2. The lowest BCUT2D eigenvalue weighted by Crippen LogP contribution is -2.29. The van der Waals surface area contributed by atoms with Crippen molar-refractivity contribution in [2.75, 3.05) is 51.2 Å². The maximum Gasteiger partial charge on any atom is 0.232 e. The zero-order valence-electron chi connectivity index (χ0n) is 22.7. The van der Waals surface area contributed by atoms with Gasteiger partial charge in [-0.15, -0.1) is 0 Å². The summed E-state index contributed by atoms with van der Waals surface area (Å²) in [4.78, 5) is 24.9. The predicted octanol–water partition coefficient (Wildman–Crippen LogP) is 5.05. The van der Waals surface area contributed by atoms with Crippen LogP contribution >= 0.6 is 7.92 Å². The summed E-state index contributed by atoms with van der Waals surface area (Å²) in [7, 11) is 3.45. The molecular weight excluding hydrogens is 495 g/mol. The van der Waals surface area contributed by atoms with E-state index in [-0.39, 0.29) is 0 Å². The van der Waals surface area contributed by atoms with Crippen LogP contribution in [-0.2, 0) is 6.42 Å². The highest BCUT2D eigenvalue weighted by Crippen LogP contribution is 2.38. The van der Waals surface area contributed by atoms with Crippen molar-refractivity contribution in [3.63, 3.8) is 0 Å². The minimum atomic E-state index is -0.455. The van der Waals surface area contributed by atoms with Gasteiger partial charge in [-0.1, -0.05) is 14.8 Å². The molecular formula is C28H35N8OP. The fraction of sp³-hybridized carbons (Fsp3) is 0.393. The van der Waals surface area contributed by atoms with Gasteiger partial charge in [-0.25, -0.2) is 9.97 Å². The predicted molar refractivity (Wildman–Crippen MR) is 156 cm³/mol. The van der Waals surface area contributed by atoms with Crippen LogP contribution in [0.4, 0.5) is 23.3 Å².